The molecule has 1 aromatic heterocycles. The highest BCUT2D eigenvalue weighted by molar-refractivity contribution is 7.71. The number of nitrogen functional groups attached to an aromatic ring is 1. The quantitative estimate of drug-likeness (QED) is 0.549. The zero-order chi connectivity index (χ0) is 10.0. The van der Waals surface area contributed by atoms with Gasteiger partial charge in [0, 0.05) is 7.05 Å². The zero-order valence-corrected chi connectivity index (χ0v) is 8.27. The summed E-state index contributed by atoms with van der Waals surface area (Å²) in [7, 11) is 1.68. The molecule has 3 N–H and O–H groups in total. The fourth-order valence-corrected chi connectivity index (χ4v) is 1.09. The number of carbonyl (C=O) groups excluding carboxylic acids is 1. The average molecular weight is 201 g/mol. The van der Waals surface area contributed by atoms with Gasteiger partial charge in [0.05, 0.1) is 6.61 Å². The van der Waals surface area contributed by atoms with Crippen LogP contribution in [-0.4, -0.2) is 22.1 Å². The monoisotopic (exact) mass is 201 g/mol. The van der Waals surface area contributed by atoms with E-state index in [1.165, 1.54) is 4.57 Å². The summed E-state index contributed by atoms with van der Waals surface area (Å²) in [6.07, 6.45) is 0. The molecule has 0 amide bonds. The summed E-state index contributed by atoms with van der Waals surface area (Å²) in [5, 5.41) is 0. The molecule has 0 aliphatic heterocycles. The molecule has 0 aliphatic carbocycles. The molecule has 0 aromatic carbocycles. The van der Waals surface area contributed by atoms with Crippen molar-refractivity contribution in [3.63, 3.8) is 0 Å². The molecule has 0 atom stereocenters. The number of anilines is 1. The van der Waals surface area contributed by atoms with Gasteiger partial charge in [-0.1, -0.05) is 0 Å². The largest absolute Gasteiger partial charge is 0.461 e. The fourth-order valence-electron chi connectivity index (χ4n) is 0.891. The van der Waals surface area contributed by atoms with Crippen molar-refractivity contribution in [1.82, 2.24) is 9.55 Å². The average Bonchev–Trinajstić information content (AvgIpc) is 2.33. The molecule has 1 rings (SSSR count). The van der Waals surface area contributed by atoms with Crippen molar-refractivity contribution >= 4 is 24.0 Å². The van der Waals surface area contributed by atoms with Gasteiger partial charge in [-0.05, 0) is 19.1 Å². The number of imidazole rings is 1. The molecule has 72 valence electrons. The van der Waals surface area contributed by atoms with E-state index in [4.69, 9.17) is 22.7 Å². The Morgan fingerprint density at radius 2 is 2.38 bits per heavy atom. The molecule has 0 fully saturated rings. The number of nitrogens with two attached hydrogens (primary N) is 1. The number of hydrogen-bond acceptors (Lipinski definition) is 4. The van der Waals surface area contributed by atoms with E-state index in [1.807, 2.05) is 0 Å². The molecule has 5 nitrogen and oxygen atoms in total. The maximum atomic E-state index is 11.2. The third kappa shape index (κ3) is 1.72. The maximum absolute atomic E-state index is 11.2. The zero-order valence-electron chi connectivity index (χ0n) is 7.46. The van der Waals surface area contributed by atoms with Gasteiger partial charge >= 0.3 is 5.97 Å². The van der Waals surface area contributed by atoms with E-state index in [1.54, 1.807) is 14.0 Å². The number of ether oxygens (including phenoxy) is 1. The SMILES string of the molecule is CCOC(=O)c1[nH]c(=S)n(C)c1N. The van der Waals surface area contributed by atoms with Gasteiger partial charge in [-0.3, -0.25) is 0 Å². The molecule has 0 spiro atoms. The minimum absolute atomic E-state index is 0.217. The van der Waals surface area contributed by atoms with Crippen molar-refractivity contribution in [2.75, 3.05) is 12.3 Å². The summed E-state index contributed by atoms with van der Waals surface area (Å²) in [6, 6.07) is 0. The smallest absolute Gasteiger partial charge is 0.358 e. The van der Waals surface area contributed by atoms with Crippen LogP contribution in [-0.2, 0) is 11.8 Å². The number of hydrogen-bond donors (Lipinski definition) is 2. The van der Waals surface area contributed by atoms with Crippen LogP contribution < -0.4 is 5.73 Å². The lowest BCUT2D eigenvalue weighted by atomic mass is 10.4. The first-order chi connectivity index (χ1) is 6.07. The van der Waals surface area contributed by atoms with E-state index in [2.05, 4.69) is 4.98 Å². The Balaban J connectivity index is 3.09. The first-order valence-electron chi connectivity index (χ1n) is 3.79. The molecule has 1 heterocycles. The van der Waals surface area contributed by atoms with Crippen molar-refractivity contribution < 1.29 is 9.53 Å². The molecule has 0 saturated carbocycles. The van der Waals surface area contributed by atoms with Gasteiger partial charge in [-0.15, -0.1) is 0 Å². The summed E-state index contributed by atoms with van der Waals surface area (Å²) in [6.45, 7) is 2.04. The van der Waals surface area contributed by atoms with Crippen LogP contribution in [0.2, 0.25) is 0 Å². The topological polar surface area (TPSA) is 73.0 Å². The molecule has 0 aliphatic rings. The van der Waals surface area contributed by atoms with Crippen molar-refractivity contribution in [3.8, 4) is 0 Å². The second kappa shape index (κ2) is 3.61. The van der Waals surface area contributed by atoms with Crippen LogP contribution in [0.5, 0.6) is 0 Å². The van der Waals surface area contributed by atoms with Crippen LogP contribution in [0.25, 0.3) is 0 Å². The maximum Gasteiger partial charge on any atom is 0.358 e. The number of aromatic nitrogens is 2. The number of nitrogens with one attached hydrogen (secondary N) is 1. The molecular weight excluding hydrogens is 190 g/mol. The summed E-state index contributed by atoms with van der Waals surface area (Å²) >= 11 is 4.88. The van der Waals surface area contributed by atoms with E-state index in [0.29, 0.717) is 17.2 Å². The van der Waals surface area contributed by atoms with Crippen molar-refractivity contribution in [1.29, 1.82) is 0 Å². The van der Waals surface area contributed by atoms with Crippen LogP contribution in [0, 0.1) is 4.77 Å². The van der Waals surface area contributed by atoms with Crippen molar-refractivity contribution in [2.45, 2.75) is 6.92 Å². The first-order valence-corrected chi connectivity index (χ1v) is 4.20. The molecule has 6 heteroatoms. The highest BCUT2D eigenvalue weighted by Crippen LogP contribution is 2.10. The minimum atomic E-state index is -0.480. The normalized spacial score (nSPS) is 10.0. The van der Waals surface area contributed by atoms with Crippen LogP contribution in [0.1, 0.15) is 17.4 Å². The molecule has 0 radical (unpaired) electrons. The molecule has 13 heavy (non-hydrogen) atoms. The second-order valence-electron chi connectivity index (χ2n) is 2.47. The number of H-pyrrole nitrogens is 1. The van der Waals surface area contributed by atoms with Gasteiger partial charge in [-0.25, -0.2) is 4.79 Å². The number of esters is 1. The summed E-state index contributed by atoms with van der Waals surface area (Å²) in [4.78, 5) is 13.9. The standard InChI is InChI=1S/C7H11N3O2S/c1-3-12-6(11)4-5(8)10(2)7(13)9-4/h3,8H2,1-2H3,(H,9,13). The van der Waals surface area contributed by atoms with Crippen LogP contribution in [0.4, 0.5) is 5.82 Å². The van der Waals surface area contributed by atoms with Gasteiger partial charge in [0.2, 0.25) is 0 Å². The van der Waals surface area contributed by atoms with Gasteiger partial charge < -0.3 is 20.0 Å². The van der Waals surface area contributed by atoms with E-state index < -0.39 is 5.97 Å². The number of rotatable bonds is 2. The summed E-state index contributed by atoms with van der Waals surface area (Å²) in [5.74, 6) is -0.185. The first kappa shape index (κ1) is 9.79. The third-order valence-electron chi connectivity index (χ3n) is 1.63. The third-order valence-corrected chi connectivity index (χ3v) is 2.01. The lowest BCUT2D eigenvalue weighted by Crippen LogP contribution is -2.08. The predicted molar refractivity (Wildman–Crippen MR) is 51.0 cm³/mol. The Morgan fingerprint density at radius 1 is 1.77 bits per heavy atom. The lowest BCUT2D eigenvalue weighted by Gasteiger charge is -1.99. The van der Waals surface area contributed by atoms with Crippen LogP contribution >= 0.6 is 12.2 Å². The van der Waals surface area contributed by atoms with E-state index in [-0.39, 0.29) is 5.69 Å². The number of carbonyl (C=O) groups is 1. The number of aromatic amines is 1. The molecule has 0 bridgehead atoms. The minimum Gasteiger partial charge on any atom is -0.461 e. The van der Waals surface area contributed by atoms with Crippen LogP contribution in [0.15, 0.2) is 0 Å². The van der Waals surface area contributed by atoms with Gasteiger partial charge in [-0.2, -0.15) is 0 Å². The van der Waals surface area contributed by atoms with Crippen molar-refractivity contribution in [3.05, 3.63) is 10.5 Å². The van der Waals surface area contributed by atoms with Gasteiger partial charge in [0.1, 0.15) is 5.82 Å². The van der Waals surface area contributed by atoms with E-state index >= 15 is 0 Å². The van der Waals surface area contributed by atoms with Crippen molar-refractivity contribution in [2.24, 2.45) is 7.05 Å². The Bertz CT molecular complexity index is 380. The molecule has 1 aromatic rings. The van der Waals surface area contributed by atoms with Crippen LogP contribution in [0.3, 0.4) is 0 Å². The van der Waals surface area contributed by atoms with E-state index in [0.717, 1.165) is 0 Å². The Hall–Kier alpha value is -1.30. The van der Waals surface area contributed by atoms with Gasteiger partial charge in [0.15, 0.2) is 10.5 Å². The molecular formula is C7H11N3O2S. The Kier molecular flexibility index (Phi) is 2.72. The Labute approximate surface area is 80.5 Å². The second-order valence-corrected chi connectivity index (χ2v) is 2.86. The molecule has 0 unspecified atom stereocenters. The highest BCUT2D eigenvalue weighted by Gasteiger charge is 2.14. The Morgan fingerprint density at radius 3 is 2.77 bits per heavy atom. The number of nitrogens with zero attached hydrogens (tertiary/aromatic N) is 1. The molecule has 0 saturated heterocycles. The predicted octanol–water partition coefficient (Wildman–Crippen LogP) is 0.842. The fraction of sp³-hybridized carbons (Fsp3) is 0.429. The van der Waals surface area contributed by atoms with Gasteiger partial charge in [0.25, 0.3) is 0 Å². The highest BCUT2D eigenvalue weighted by atomic mass is 32.1. The lowest BCUT2D eigenvalue weighted by molar-refractivity contribution is 0.0521. The summed E-state index contributed by atoms with van der Waals surface area (Å²) < 4.78 is 6.69. The summed E-state index contributed by atoms with van der Waals surface area (Å²) in [5.41, 5.74) is 5.82. The van der Waals surface area contributed by atoms with E-state index in [9.17, 15) is 4.79 Å².